The molecule has 6 heteroatoms. The van der Waals surface area contributed by atoms with E-state index in [-0.39, 0.29) is 0 Å². The Labute approximate surface area is 146 Å². The zero-order valence-corrected chi connectivity index (χ0v) is 14.9. The minimum Gasteiger partial charge on any atom is -0.453 e. The van der Waals surface area contributed by atoms with Gasteiger partial charge in [-0.05, 0) is 50.1 Å². The van der Waals surface area contributed by atoms with Gasteiger partial charge in [-0.2, -0.15) is 0 Å². The smallest absolute Gasteiger partial charge is 0.411 e. The third-order valence-electron chi connectivity index (χ3n) is 4.41. The van der Waals surface area contributed by atoms with Crippen LogP contribution >= 0.6 is 0 Å². The summed E-state index contributed by atoms with van der Waals surface area (Å²) in [7, 11) is 1.35. The molecule has 0 aliphatic rings. The van der Waals surface area contributed by atoms with E-state index in [9.17, 15) is 4.79 Å². The highest BCUT2D eigenvalue weighted by molar-refractivity contribution is 5.86. The van der Waals surface area contributed by atoms with Crippen molar-refractivity contribution in [3.05, 3.63) is 59.0 Å². The number of fused-ring (bicyclic) bond motifs is 1. The van der Waals surface area contributed by atoms with Crippen molar-refractivity contribution in [2.75, 3.05) is 17.7 Å². The minimum atomic E-state index is -0.478. The van der Waals surface area contributed by atoms with Crippen LogP contribution in [0.3, 0.4) is 0 Å². The Hall–Kier alpha value is -3.02. The molecule has 0 atom stereocenters. The van der Waals surface area contributed by atoms with Crippen LogP contribution in [-0.2, 0) is 11.3 Å². The van der Waals surface area contributed by atoms with Gasteiger partial charge < -0.3 is 14.5 Å². The Morgan fingerprint density at radius 1 is 1.16 bits per heavy atom. The van der Waals surface area contributed by atoms with Gasteiger partial charge in [-0.3, -0.25) is 5.32 Å². The average molecular weight is 338 g/mol. The van der Waals surface area contributed by atoms with Gasteiger partial charge in [0.25, 0.3) is 0 Å². The van der Waals surface area contributed by atoms with Gasteiger partial charge in [-0.25, -0.2) is 9.78 Å². The second kappa shape index (κ2) is 6.84. The molecule has 2 heterocycles. The van der Waals surface area contributed by atoms with Crippen molar-refractivity contribution >= 4 is 23.1 Å². The van der Waals surface area contributed by atoms with Gasteiger partial charge in [0, 0.05) is 24.1 Å². The average Bonchev–Trinajstić information content (AvgIpc) is 2.89. The Morgan fingerprint density at radius 2 is 1.92 bits per heavy atom. The number of imidazole rings is 1. The first kappa shape index (κ1) is 16.8. The summed E-state index contributed by atoms with van der Waals surface area (Å²) in [6.07, 6.45) is 1.53. The van der Waals surface area contributed by atoms with Crippen LogP contribution < -0.4 is 10.6 Å². The van der Waals surface area contributed by atoms with E-state index in [0.29, 0.717) is 6.54 Å². The molecule has 1 amide bonds. The van der Waals surface area contributed by atoms with Crippen molar-refractivity contribution in [2.45, 2.75) is 27.3 Å². The normalized spacial score (nSPS) is 10.7. The third-order valence-corrected chi connectivity index (χ3v) is 4.41. The number of carbonyl (C=O) groups is 1. The van der Waals surface area contributed by atoms with Crippen LogP contribution in [0.15, 0.2) is 36.5 Å². The van der Waals surface area contributed by atoms with Crippen molar-refractivity contribution < 1.29 is 9.53 Å². The summed E-state index contributed by atoms with van der Waals surface area (Å²) in [4.78, 5) is 16.2. The number of aromatic nitrogens is 2. The van der Waals surface area contributed by atoms with Gasteiger partial charge in [0.2, 0.25) is 0 Å². The number of hydrogen-bond acceptors (Lipinski definition) is 4. The fraction of sp³-hybridized carbons (Fsp3) is 0.263. The number of aryl methyl sites for hydroxylation is 3. The molecule has 25 heavy (non-hydrogen) atoms. The Bertz CT molecular complexity index is 931. The molecule has 0 spiro atoms. The van der Waals surface area contributed by atoms with Gasteiger partial charge in [0.15, 0.2) is 5.65 Å². The monoisotopic (exact) mass is 338 g/mol. The minimum absolute atomic E-state index is 0.478. The summed E-state index contributed by atoms with van der Waals surface area (Å²) < 4.78 is 6.77. The SMILES string of the molecule is COC(=O)Nc1cccc(C)c1CNc1cccn2c(C)c(C)nc12. The zero-order chi connectivity index (χ0) is 18.0. The van der Waals surface area contributed by atoms with Crippen LogP contribution in [0.1, 0.15) is 22.5 Å². The molecule has 1 aromatic carbocycles. The zero-order valence-electron chi connectivity index (χ0n) is 14.9. The van der Waals surface area contributed by atoms with Crippen LogP contribution in [0.25, 0.3) is 5.65 Å². The van der Waals surface area contributed by atoms with Crippen LogP contribution in [0, 0.1) is 20.8 Å². The second-order valence-corrected chi connectivity index (χ2v) is 5.97. The summed E-state index contributed by atoms with van der Waals surface area (Å²) >= 11 is 0. The lowest BCUT2D eigenvalue weighted by molar-refractivity contribution is 0.187. The lowest BCUT2D eigenvalue weighted by Crippen LogP contribution is -2.14. The van der Waals surface area contributed by atoms with E-state index in [1.165, 1.54) is 7.11 Å². The van der Waals surface area contributed by atoms with Gasteiger partial charge in [-0.1, -0.05) is 12.1 Å². The topological polar surface area (TPSA) is 67.7 Å². The van der Waals surface area contributed by atoms with Crippen LogP contribution in [0.4, 0.5) is 16.2 Å². The van der Waals surface area contributed by atoms with Gasteiger partial charge in [0.05, 0.1) is 18.5 Å². The molecule has 0 saturated heterocycles. The molecule has 0 aliphatic heterocycles. The number of anilines is 2. The van der Waals surface area contributed by atoms with E-state index in [2.05, 4.69) is 26.9 Å². The predicted octanol–water partition coefficient (Wildman–Crippen LogP) is 4.05. The highest BCUT2D eigenvalue weighted by Gasteiger charge is 2.11. The number of carbonyl (C=O) groups excluding carboxylic acids is 1. The molecule has 0 saturated carbocycles. The number of nitrogens with zero attached hydrogens (tertiary/aromatic N) is 2. The van der Waals surface area contributed by atoms with Crippen molar-refractivity contribution in [3.8, 4) is 0 Å². The van der Waals surface area contributed by atoms with E-state index in [1.807, 2.05) is 50.4 Å². The molecular formula is C19H22N4O2. The van der Waals surface area contributed by atoms with Gasteiger partial charge >= 0.3 is 6.09 Å². The molecule has 3 rings (SSSR count). The number of amides is 1. The number of methoxy groups -OCH3 is 1. The lowest BCUT2D eigenvalue weighted by Gasteiger charge is -2.15. The van der Waals surface area contributed by atoms with E-state index in [4.69, 9.17) is 4.74 Å². The molecule has 0 radical (unpaired) electrons. The van der Waals surface area contributed by atoms with Crippen molar-refractivity contribution in [1.29, 1.82) is 0 Å². The van der Waals surface area contributed by atoms with E-state index in [1.54, 1.807) is 0 Å². The summed E-state index contributed by atoms with van der Waals surface area (Å²) in [6, 6.07) is 9.79. The first-order valence-corrected chi connectivity index (χ1v) is 8.13. The van der Waals surface area contributed by atoms with E-state index in [0.717, 1.165) is 39.5 Å². The number of rotatable bonds is 4. The number of ether oxygens (including phenoxy) is 1. The Kier molecular flexibility index (Phi) is 4.61. The predicted molar refractivity (Wildman–Crippen MR) is 99.2 cm³/mol. The van der Waals surface area contributed by atoms with Crippen LogP contribution in [-0.4, -0.2) is 22.6 Å². The fourth-order valence-electron chi connectivity index (χ4n) is 2.84. The van der Waals surface area contributed by atoms with Crippen LogP contribution in [0.5, 0.6) is 0 Å². The number of benzene rings is 1. The first-order valence-electron chi connectivity index (χ1n) is 8.13. The maximum Gasteiger partial charge on any atom is 0.411 e. The number of pyridine rings is 1. The van der Waals surface area contributed by atoms with Crippen molar-refractivity contribution in [3.63, 3.8) is 0 Å². The first-order chi connectivity index (χ1) is 12.0. The molecule has 130 valence electrons. The second-order valence-electron chi connectivity index (χ2n) is 5.97. The molecule has 0 unspecified atom stereocenters. The highest BCUT2D eigenvalue weighted by Crippen LogP contribution is 2.24. The van der Waals surface area contributed by atoms with Gasteiger partial charge in [0.1, 0.15) is 0 Å². The molecule has 0 bridgehead atoms. The molecular weight excluding hydrogens is 316 g/mol. The molecule has 2 aromatic heterocycles. The lowest BCUT2D eigenvalue weighted by atomic mass is 10.1. The van der Waals surface area contributed by atoms with E-state index >= 15 is 0 Å². The Balaban J connectivity index is 1.90. The maximum absolute atomic E-state index is 11.6. The maximum atomic E-state index is 11.6. The largest absolute Gasteiger partial charge is 0.453 e. The van der Waals surface area contributed by atoms with Gasteiger partial charge in [-0.15, -0.1) is 0 Å². The molecule has 2 N–H and O–H groups in total. The quantitative estimate of drug-likeness (QED) is 0.753. The van der Waals surface area contributed by atoms with Crippen LogP contribution in [0.2, 0.25) is 0 Å². The molecule has 0 aliphatic carbocycles. The molecule has 6 nitrogen and oxygen atoms in total. The molecule has 3 aromatic rings. The summed E-state index contributed by atoms with van der Waals surface area (Å²) in [5, 5.41) is 6.21. The fourth-order valence-corrected chi connectivity index (χ4v) is 2.84. The number of nitrogens with one attached hydrogen (secondary N) is 2. The van der Waals surface area contributed by atoms with E-state index < -0.39 is 6.09 Å². The summed E-state index contributed by atoms with van der Waals surface area (Å²) in [5.41, 5.74) is 6.82. The van der Waals surface area contributed by atoms with Crippen molar-refractivity contribution in [1.82, 2.24) is 9.38 Å². The molecule has 0 fully saturated rings. The highest BCUT2D eigenvalue weighted by atomic mass is 16.5. The third kappa shape index (κ3) is 3.28. The summed E-state index contributed by atoms with van der Waals surface area (Å²) in [5.74, 6) is 0. The number of hydrogen-bond donors (Lipinski definition) is 2. The Morgan fingerprint density at radius 3 is 2.68 bits per heavy atom. The summed E-state index contributed by atoms with van der Waals surface area (Å²) in [6.45, 7) is 6.64. The van der Waals surface area contributed by atoms with Crippen molar-refractivity contribution in [2.24, 2.45) is 0 Å². The standard InChI is InChI=1S/C19H22N4O2/c1-12-7-5-8-16(22-19(24)25-4)15(12)11-20-17-9-6-10-23-14(3)13(2)21-18(17)23/h5-10,20H,11H2,1-4H3,(H,22,24).